The van der Waals surface area contributed by atoms with Crippen molar-refractivity contribution in [2.45, 2.75) is 149 Å². The topological polar surface area (TPSA) is 839 Å². The lowest BCUT2D eigenvalue weighted by Gasteiger charge is -2.31. The van der Waals surface area contributed by atoms with Gasteiger partial charge in [-0.1, -0.05) is 158 Å². The van der Waals surface area contributed by atoms with Crippen LogP contribution < -0.4 is 27.9 Å². The molecular formula is C73H90N7O49P9S. The van der Waals surface area contributed by atoms with Crippen LogP contribution in [0.3, 0.4) is 0 Å². The number of aliphatic hydroxyl groups is 10. The Labute approximate surface area is 786 Å². The lowest BCUT2D eigenvalue weighted by atomic mass is 9.90. The molecule has 5 aliphatic rings. The van der Waals surface area contributed by atoms with Crippen LogP contribution in [0.1, 0.15) is 97.9 Å². The molecule has 9 unspecified atom stereocenters. The highest BCUT2D eigenvalue weighted by Crippen LogP contribution is 2.71. The number of fused-ring (bicyclic) bond motifs is 1. The number of rotatable bonds is 40. The minimum absolute atomic E-state index is 0.0434. The van der Waals surface area contributed by atoms with Crippen molar-refractivity contribution >= 4 is 105 Å². The van der Waals surface area contributed by atoms with Gasteiger partial charge in [0.2, 0.25) is 0 Å². The third kappa shape index (κ3) is 32.3. The van der Waals surface area contributed by atoms with E-state index in [1.165, 1.54) is 36.0 Å². The molecule has 139 heavy (non-hydrogen) atoms. The van der Waals surface area contributed by atoms with Crippen molar-refractivity contribution in [3.63, 3.8) is 0 Å². The Kier molecular flexibility index (Phi) is 37.0. The van der Waals surface area contributed by atoms with Gasteiger partial charge in [-0.3, -0.25) is 55.9 Å². The second-order valence-corrected chi connectivity index (χ2v) is 45.6. The molecule has 66 heteroatoms. The molecule has 762 valence electrons. The van der Waals surface area contributed by atoms with Gasteiger partial charge in [0.05, 0.1) is 39.6 Å². The van der Waals surface area contributed by atoms with E-state index >= 15 is 0 Å². The monoisotopic (exact) mass is 2160 g/mol. The van der Waals surface area contributed by atoms with Crippen LogP contribution in [0.4, 0.5) is 10.6 Å². The number of carbonyl (C=O) groups excluding carboxylic acids is 1. The Hall–Kier alpha value is -7.31. The highest BCUT2D eigenvalue weighted by molar-refractivity contribution is 7.99. The number of carbonyl (C=O) groups is 1. The molecule has 3 saturated heterocycles. The molecule has 3 aliphatic heterocycles. The molecule has 15 atom stereocenters. The molecule has 6 heterocycles. The molecule has 5 aromatic carbocycles. The summed E-state index contributed by atoms with van der Waals surface area (Å²) in [6.45, 7) is -5.53. The van der Waals surface area contributed by atoms with Crippen LogP contribution in [0.15, 0.2) is 188 Å². The number of anilines is 1. The van der Waals surface area contributed by atoms with E-state index in [1.807, 2.05) is 11.1 Å². The molecule has 1 amide bonds. The number of aromatic amines is 1. The Morgan fingerprint density at radius 3 is 1.38 bits per heavy atom. The molecule has 0 spiro atoms. The summed E-state index contributed by atoms with van der Waals surface area (Å²) >= 11 is 1.30. The van der Waals surface area contributed by atoms with E-state index in [0.717, 1.165) is 82.9 Å². The minimum atomic E-state index is -5.89. The van der Waals surface area contributed by atoms with Crippen LogP contribution in [0.25, 0.3) is 10.8 Å². The number of ether oxygens (including phenoxy) is 4. The van der Waals surface area contributed by atoms with Crippen molar-refractivity contribution in [3.05, 3.63) is 234 Å². The maximum absolute atomic E-state index is 12.6. The molecule has 0 radical (unpaired) electrons. The minimum Gasteiger partial charge on any atom is -0.444 e. The molecule has 0 bridgehead atoms. The molecule has 56 nitrogen and oxygen atoms in total. The van der Waals surface area contributed by atoms with Crippen molar-refractivity contribution in [1.82, 2.24) is 28.7 Å². The summed E-state index contributed by atoms with van der Waals surface area (Å²) in [7, 11) is -50.6. The molecule has 3 aromatic heterocycles. The zero-order chi connectivity index (χ0) is 102. The summed E-state index contributed by atoms with van der Waals surface area (Å²) in [6, 6.07) is 40.0. The van der Waals surface area contributed by atoms with Crippen LogP contribution in [-0.4, -0.2) is 209 Å². The number of nitrogens with zero attached hydrogens (tertiary/aromatic N) is 5. The second-order valence-electron chi connectivity index (χ2n) is 30.7. The van der Waals surface area contributed by atoms with Gasteiger partial charge in [0.1, 0.15) is 47.6 Å². The number of thioether (sulfide) groups is 1. The van der Waals surface area contributed by atoms with Crippen molar-refractivity contribution < 1.29 is 213 Å². The van der Waals surface area contributed by atoms with Gasteiger partial charge in [0.25, 0.3) is 28.7 Å². The predicted octanol–water partition coefficient (Wildman–Crippen LogP) is 4.59. The summed E-state index contributed by atoms with van der Waals surface area (Å²) in [6.07, 6.45) is -4.86. The fourth-order valence-electron chi connectivity index (χ4n) is 12.9. The first-order valence-electron chi connectivity index (χ1n) is 40.2. The second kappa shape index (κ2) is 46.0. The fraction of sp³-hybridized carbons (Fsp3) is 0.411. The fourth-order valence-corrected chi connectivity index (χ4v) is 24.5. The maximum atomic E-state index is 12.6. The third-order valence-corrected chi connectivity index (χ3v) is 33.9. The average molecular weight is 2160 g/mol. The summed E-state index contributed by atoms with van der Waals surface area (Å²) in [5.74, 6) is -11.4. The van der Waals surface area contributed by atoms with Crippen LogP contribution >= 0.6 is 82.2 Å². The summed E-state index contributed by atoms with van der Waals surface area (Å²) in [5, 5.41) is 109. The van der Waals surface area contributed by atoms with Gasteiger partial charge in [0.15, 0.2) is 18.2 Å². The Bertz CT molecular complexity index is 6460. The third-order valence-electron chi connectivity index (χ3n) is 20.0. The lowest BCUT2D eigenvalue weighted by molar-refractivity contribution is -0.355. The average Bonchev–Trinajstić information content (AvgIpc) is 1.58. The molecule has 13 rings (SSSR count). The van der Waals surface area contributed by atoms with Gasteiger partial charge < -0.3 is 114 Å². The number of nitrogens with one attached hydrogen (secondary N) is 2. The number of phosphoric acid groups is 9. The van der Waals surface area contributed by atoms with Gasteiger partial charge >= 0.3 is 93.6 Å². The highest BCUT2D eigenvalue weighted by atomic mass is 32.2. The number of amides is 1. The van der Waals surface area contributed by atoms with Crippen LogP contribution in [-0.2, 0) is 139 Å². The van der Waals surface area contributed by atoms with E-state index < -0.39 is 205 Å². The number of hydrogen-bond acceptors (Lipinski definition) is 43. The van der Waals surface area contributed by atoms with Gasteiger partial charge in [-0.2, -0.15) is 35.8 Å². The summed E-state index contributed by atoms with van der Waals surface area (Å²) < 4.78 is 184. The highest BCUT2D eigenvalue weighted by Gasteiger charge is 2.69. The van der Waals surface area contributed by atoms with Crippen LogP contribution in [0.5, 0.6) is 0 Å². The van der Waals surface area contributed by atoms with Crippen molar-refractivity contribution in [3.8, 4) is 11.8 Å². The Balaban J connectivity index is 0.000000200. The van der Waals surface area contributed by atoms with Crippen molar-refractivity contribution in [2.24, 2.45) is 11.8 Å². The standard InChI is InChI=1S/C25H33N2O17P3.C24H28N3O16P3.C24H29N2O16P3S/c28-21-19(13-7-12-17-8-3-1-4-9-17)14-27(23(29)26-21)22-25(32,33)24(30,31)20(42-22)16-41-46(36,37)44-47(38,39)43-45(34,35)40-15-18-10-5-2-6-11-18;28-22-25-20(26-23(29)38-14-17-7-3-1-4-8-17)11-12-27(22)21-13-24(30,31)19(41-21)16-40-45(34,35)43-46(36,37)42-44(32,33)39-15-18-9-5-2-6-10-18;27-22-25-20(46-14-15-5-6-15)9-10-26(22)21-24(30,31)23(28,29)19(40-21)13-39-44(34,35)42-45(36,37)41-43(32,33)38-12-16-7-8-17-3-1-2-4-18(17)11-16/h1,3-4,8-9,14,18,20,22,30-33H,2,5-6,10-12,15-16H2,(H,34,35)(H,36,37)(H,38,39)(H,26,28,29);1-12,19,21,30-31H,13-16H2,(H,32,33)(H,34,35)(H,36,37)(H,25,26,28,29);1-4,7-11,15,19,21,28-31H,5-6,12-14H2,(H,32,33)(H,34,35)(H,36,37)/t20-,22-;2*19-,21-/m111/s1. The first kappa shape index (κ1) is 112. The molecule has 8 aromatic rings. The number of hydrogen-bond donors (Lipinski definition) is 21. The van der Waals surface area contributed by atoms with E-state index in [2.05, 4.69) is 71.1 Å². The summed E-state index contributed by atoms with van der Waals surface area (Å²) in [4.78, 5) is 160. The van der Waals surface area contributed by atoms with E-state index in [9.17, 15) is 160 Å². The first-order chi connectivity index (χ1) is 64.7. The number of phosphoric ester groups is 6. The number of aromatic nitrogens is 6. The van der Waals surface area contributed by atoms with Crippen molar-refractivity contribution in [2.75, 3.05) is 37.5 Å². The number of H-pyrrole nitrogens is 1. The summed E-state index contributed by atoms with van der Waals surface area (Å²) in [5.41, 5.74) is -2.42. The van der Waals surface area contributed by atoms with Crippen LogP contribution in [0.2, 0.25) is 0 Å². The van der Waals surface area contributed by atoms with Gasteiger partial charge in [-0.15, -0.1) is 11.8 Å². The predicted molar refractivity (Wildman–Crippen MR) is 467 cm³/mol. The maximum Gasteiger partial charge on any atom is 0.490 e. The van der Waals surface area contributed by atoms with Crippen molar-refractivity contribution in [1.29, 1.82) is 0 Å². The molecule has 2 aliphatic carbocycles. The molecule has 5 fully saturated rings. The Morgan fingerprint density at radius 2 is 0.885 bits per heavy atom. The van der Waals surface area contributed by atoms with E-state index in [4.69, 9.17) is 28.0 Å². The smallest absolute Gasteiger partial charge is 0.444 e. The van der Waals surface area contributed by atoms with Gasteiger partial charge in [-0.05, 0) is 88.7 Å². The lowest BCUT2D eigenvalue weighted by Crippen LogP contribution is -2.59. The largest absolute Gasteiger partial charge is 0.490 e. The molecule has 2 saturated carbocycles. The normalized spacial score (nSPS) is 23.6. The van der Waals surface area contributed by atoms with E-state index in [0.29, 0.717) is 44.0 Å². The first-order valence-corrected chi connectivity index (χ1v) is 54.7. The van der Waals surface area contributed by atoms with Crippen LogP contribution in [0, 0.1) is 23.7 Å². The van der Waals surface area contributed by atoms with Gasteiger partial charge in [0, 0.05) is 37.2 Å². The Morgan fingerprint density at radius 1 is 0.446 bits per heavy atom. The zero-order valence-corrected chi connectivity index (χ0v) is 80.0. The van der Waals surface area contributed by atoms with Gasteiger partial charge in [-0.25, -0.2) is 60.3 Å². The van der Waals surface area contributed by atoms with E-state index in [-0.39, 0.29) is 36.9 Å². The van der Waals surface area contributed by atoms with E-state index in [1.54, 1.807) is 115 Å². The zero-order valence-electron chi connectivity index (χ0n) is 71.1. The quantitative estimate of drug-likeness (QED) is 0.00820. The molecular weight excluding hydrogens is 2070 g/mol. The molecule has 21 N–H and O–H groups in total. The SMILES string of the molecule is O=C(Nc1ccn([C@H]2CC(O)(O)[C@@H](COP(=O)(O)OP(=O)(O)OP(=O)(O)OCc3ccccc3)O2)c(=O)n1)OCc1ccccc1.O=c1[nH]c(=O)n([C@@H]2O[C@H](COP(=O)(O)OP(=O)(O)OP(=O)(O)OCC3CCCCC3)C(O)(O)C2(O)O)cc1C#CCc1ccccc1.O=c1nc(SCC2CC2)ccn1[C@@H]1O[C@H](COP(=O)(O)OP(=O)(O)OP(=O)(O)OCc2ccc3ccccc3c2)C(O)(O)C1(O)O. The number of benzene rings is 5.